The molecule has 0 unspecified atom stereocenters. The summed E-state index contributed by atoms with van der Waals surface area (Å²) in [6.07, 6.45) is 0. The largest absolute Gasteiger partial charge is 0.366 e. The third kappa shape index (κ3) is 2.42. The van der Waals surface area contributed by atoms with Crippen LogP contribution in [0.4, 0.5) is 11.4 Å². The predicted molar refractivity (Wildman–Crippen MR) is 78.9 cm³/mol. The molecule has 0 saturated carbocycles. The monoisotopic (exact) mass is 283 g/mol. The fourth-order valence-corrected chi connectivity index (χ4v) is 3.44. The second-order valence-electron chi connectivity index (χ2n) is 5.14. The zero-order valence-electron chi connectivity index (χ0n) is 11.9. The molecule has 106 valence electrons. The van der Waals surface area contributed by atoms with Gasteiger partial charge in [0.15, 0.2) is 0 Å². The Morgan fingerprint density at radius 3 is 2.21 bits per heavy atom. The lowest BCUT2D eigenvalue weighted by Gasteiger charge is -2.40. The molecule has 1 aromatic carbocycles. The van der Waals surface area contributed by atoms with E-state index in [-0.39, 0.29) is 0 Å². The topological polar surface area (TPSA) is 43.9 Å². The smallest absolute Gasteiger partial charge is 0.303 e. The summed E-state index contributed by atoms with van der Waals surface area (Å²) in [4.78, 5) is 2.23. The molecule has 1 aliphatic rings. The highest BCUT2D eigenvalue weighted by atomic mass is 32.2. The summed E-state index contributed by atoms with van der Waals surface area (Å²) in [5, 5.41) is 0. The van der Waals surface area contributed by atoms with Crippen LogP contribution in [0.2, 0.25) is 0 Å². The highest BCUT2D eigenvalue weighted by Crippen LogP contribution is 2.35. The van der Waals surface area contributed by atoms with E-state index in [1.165, 1.54) is 8.61 Å². The maximum atomic E-state index is 12.4. The molecule has 0 bridgehead atoms. The zero-order chi connectivity index (χ0) is 14.2. The molecule has 0 N–H and O–H groups in total. The Balaban J connectivity index is 2.50. The van der Waals surface area contributed by atoms with Crippen LogP contribution in [0.1, 0.15) is 13.8 Å². The third-order valence-electron chi connectivity index (χ3n) is 3.37. The van der Waals surface area contributed by atoms with Gasteiger partial charge in [0.1, 0.15) is 0 Å². The quantitative estimate of drug-likeness (QED) is 0.845. The number of fused-ring (bicyclic) bond motifs is 1. The van der Waals surface area contributed by atoms with Gasteiger partial charge in [-0.3, -0.25) is 4.31 Å². The fourth-order valence-electron chi connectivity index (χ4n) is 2.33. The van der Waals surface area contributed by atoms with E-state index < -0.39 is 10.2 Å². The van der Waals surface area contributed by atoms with E-state index in [2.05, 4.69) is 18.7 Å². The van der Waals surface area contributed by atoms with Crippen LogP contribution in [-0.4, -0.2) is 45.9 Å². The Hall–Kier alpha value is -1.27. The van der Waals surface area contributed by atoms with E-state index in [0.29, 0.717) is 19.1 Å². The van der Waals surface area contributed by atoms with E-state index >= 15 is 0 Å². The molecule has 0 aliphatic carbocycles. The molecule has 2 rings (SSSR count). The maximum Gasteiger partial charge on any atom is 0.303 e. The van der Waals surface area contributed by atoms with Gasteiger partial charge >= 0.3 is 10.2 Å². The van der Waals surface area contributed by atoms with Crippen molar-refractivity contribution in [2.45, 2.75) is 19.9 Å². The molecule has 0 radical (unpaired) electrons. The van der Waals surface area contributed by atoms with Crippen LogP contribution in [0.25, 0.3) is 0 Å². The lowest BCUT2D eigenvalue weighted by molar-refractivity contribution is 0.512. The molecule has 19 heavy (non-hydrogen) atoms. The Bertz CT molecular complexity index is 555. The first-order chi connectivity index (χ1) is 8.85. The van der Waals surface area contributed by atoms with Crippen LogP contribution in [0.15, 0.2) is 24.3 Å². The summed E-state index contributed by atoms with van der Waals surface area (Å²) in [7, 11) is -0.298. The van der Waals surface area contributed by atoms with E-state index in [9.17, 15) is 8.42 Å². The molecule has 0 amide bonds. The van der Waals surface area contributed by atoms with Gasteiger partial charge < -0.3 is 4.90 Å². The number of benzene rings is 1. The molecule has 5 nitrogen and oxygen atoms in total. The maximum absolute atomic E-state index is 12.4. The Labute approximate surface area is 115 Å². The van der Waals surface area contributed by atoms with Gasteiger partial charge in [-0.15, -0.1) is 0 Å². The van der Waals surface area contributed by atoms with Crippen molar-refractivity contribution in [3.05, 3.63) is 24.3 Å². The Morgan fingerprint density at radius 1 is 1.11 bits per heavy atom. The highest BCUT2D eigenvalue weighted by Gasteiger charge is 2.32. The lowest BCUT2D eigenvalue weighted by atomic mass is 10.1. The van der Waals surface area contributed by atoms with Gasteiger partial charge in [-0.05, 0) is 26.0 Å². The Morgan fingerprint density at radius 2 is 1.68 bits per heavy atom. The molecule has 6 heteroatoms. The molecule has 0 fully saturated rings. The van der Waals surface area contributed by atoms with E-state index in [4.69, 9.17) is 0 Å². The number of nitrogens with zero attached hydrogens (tertiary/aromatic N) is 3. The second kappa shape index (κ2) is 5.02. The van der Waals surface area contributed by atoms with Crippen LogP contribution in [0.5, 0.6) is 0 Å². The van der Waals surface area contributed by atoms with Crippen molar-refractivity contribution in [1.82, 2.24) is 4.31 Å². The minimum Gasteiger partial charge on any atom is -0.366 e. The van der Waals surface area contributed by atoms with Gasteiger partial charge in [-0.2, -0.15) is 12.7 Å². The summed E-state index contributed by atoms with van der Waals surface area (Å²) >= 11 is 0. The number of hydrogen-bond donors (Lipinski definition) is 0. The molecule has 0 saturated heterocycles. The first-order valence-corrected chi connectivity index (χ1v) is 7.81. The lowest BCUT2D eigenvalue weighted by Crippen LogP contribution is -2.49. The van der Waals surface area contributed by atoms with Crippen LogP contribution in [-0.2, 0) is 10.2 Å². The first-order valence-electron chi connectivity index (χ1n) is 6.41. The normalized spacial score (nSPS) is 16.1. The van der Waals surface area contributed by atoms with Crippen molar-refractivity contribution in [3.8, 4) is 0 Å². The van der Waals surface area contributed by atoms with Crippen LogP contribution in [0, 0.1) is 0 Å². The molecule has 0 atom stereocenters. The summed E-state index contributed by atoms with van der Waals surface area (Å²) in [5.41, 5.74) is 1.74. The summed E-state index contributed by atoms with van der Waals surface area (Å²) in [5.74, 6) is 0. The van der Waals surface area contributed by atoms with Gasteiger partial charge in [-0.1, -0.05) is 12.1 Å². The standard InChI is InChI=1S/C13H21N3O2S/c1-11(2)15-9-10-16(19(17,18)14(3)4)13-8-6-5-7-12(13)15/h5-8,11H,9-10H2,1-4H3. The van der Waals surface area contributed by atoms with Crippen molar-refractivity contribution in [3.63, 3.8) is 0 Å². The van der Waals surface area contributed by atoms with Crippen LogP contribution >= 0.6 is 0 Å². The molecule has 0 spiro atoms. The SMILES string of the molecule is CC(C)N1CCN(S(=O)(=O)N(C)C)c2ccccc21. The number of para-hydroxylation sites is 2. The molecular formula is C13H21N3O2S. The third-order valence-corrected chi connectivity index (χ3v) is 5.23. The highest BCUT2D eigenvalue weighted by molar-refractivity contribution is 7.90. The van der Waals surface area contributed by atoms with Gasteiger partial charge in [0.2, 0.25) is 0 Å². The number of hydrogen-bond acceptors (Lipinski definition) is 3. The average molecular weight is 283 g/mol. The van der Waals surface area contributed by atoms with Crippen molar-refractivity contribution in [2.24, 2.45) is 0 Å². The fraction of sp³-hybridized carbons (Fsp3) is 0.538. The van der Waals surface area contributed by atoms with Gasteiger partial charge in [-0.25, -0.2) is 0 Å². The summed E-state index contributed by atoms with van der Waals surface area (Å²) < 4.78 is 27.5. The molecule has 1 aliphatic heterocycles. The van der Waals surface area contributed by atoms with E-state index in [0.717, 1.165) is 11.4 Å². The summed E-state index contributed by atoms with van der Waals surface area (Å²) in [6.45, 7) is 5.43. The van der Waals surface area contributed by atoms with Crippen molar-refractivity contribution in [2.75, 3.05) is 36.4 Å². The molecule has 1 aromatic rings. The second-order valence-corrected chi connectivity index (χ2v) is 7.20. The van der Waals surface area contributed by atoms with E-state index in [1.54, 1.807) is 14.1 Å². The first kappa shape index (κ1) is 14.1. The minimum atomic E-state index is -3.42. The van der Waals surface area contributed by atoms with Crippen molar-refractivity contribution < 1.29 is 8.42 Å². The molecule has 1 heterocycles. The predicted octanol–water partition coefficient (Wildman–Crippen LogP) is 1.53. The van der Waals surface area contributed by atoms with Crippen molar-refractivity contribution >= 4 is 21.6 Å². The zero-order valence-corrected chi connectivity index (χ0v) is 12.7. The van der Waals surface area contributed by atoms with Crippen molar-refractivity contribution in [1.29, 1.82) is 0 Å². The molecular weight excluding hydrogens is 262 g/mol. The average Bonchev–Trinajstić information content (AvgIpc) is 2.36. The van der Waals surface area contributed by atoms with Gasteiger partial charge in [0.05, 0.1) is 17.9 Å². The Kier molecular flexibility index (Phi) is 3.73. The number of anilines is 2. The van der Waals surface area contributed by atoms with Gasteiger partial charge in [0, 0.05) is 26.7 Å². The minimum absolute atomic E-state index is 0.352. The number of rotatable bonds is 3. The summed E-state index contributed by atoms with van der Waals surface area (Å²) in [6, 6.07) is 8.02. The van der Waals surface area contributed by atoms with Crippen LogP contribution in [0.3, 0.4) is 0 Å². The molecule has 0 aromatic heterocycles. The van der Waals surface area contributed by atoms with E-state index in [1.807, 2.05) is 24.3 Å². The van der Waals surface area contributed by atoms with Gasteiger partial charge in [0.25, 0.3) is 0 Å². The van der Waals surface area contributed by atoms with Crippen LogP contribution < -0.4 is 9.21 Å².